The number of amides is 3. The van der Waals surface area contributed by atoms with Gasteiger partial charge in [-0.15, -0.1) is 22.7 Å². The van der Waals surface area contributed by atoms with Crippen molar-refractivity contribution in [1.29, 1.82) is 0 Å². The maximum Gasteiger partial charge on any atom is 0.410 e. The highest BCUT2D eigenvalue weighted by molar-refractivity contribution is 7.91. The van der Waals surface area contributed by atoms with E-state index in [2.05, 4.69) is 5.32 Å². The van der Waals surface area contributed by atoms with Gasteiger partial charge in [0.25, 0.3) is 15.9 Å². The number of nitrogens with one attached hydrogen (secondary N) is 1. The molecule has 3 amide bonds. The number of ether oxygens (including phenoxy) is 1. The van der Waals surface area contributed by atoms with Crippen molar-refractivity contribution in [2.75, 3.05) is 31.6 Å². The topological polar surface area (TPSA) is 139 Å². The Kier molecular flexibility index (Phi) is 7.26. The molecule has 2 aromatic rings. The van der Waals surface area contributed by atoms with Crippen LogP contribution in [0.4, 0.5) is 9.80 Å². The second kappa shape index (κ2) is 10.0. The molecule has 13 heteroatoms. The fourth-order valence-electron chi connectivity index (χ4n) is 4.25. The first-order chi connectivity index (χ1) is 16.2. The van der Waals surface area contributed by atoms with Crippen molar-refractivity contribution in [3.8, 4) is 0 Å². The molecule has 2 aliphatic rings. The van der Waals surface area contributed by atoms with Crippen LogP contribution in [-0.4, -0.2) is 61.8 Å². The van der Waals surface area contributed by atoms with Crippen LogP contribution in [0.5, 0.6) is 0 Å². The number of hydrogen-bond acceptors (Lipinski definition) is 8. The smallest absolute Gasteiger partial charge is 0.410 e. The van der Waals surface area contributed by atoms with Crippen molar-refractivity contribution < 1.29 is 27.5 Å². The van der Waals surface area contributed by atoms with Crippen LogP contribution < -0.4 is 11.1 Å². The van der Waals surface area contributed by atoms with Gasteiger partial charge in [-0.1, -0.05) is 6.07 Å². The highest BCUT2D eigenvalue weighted by Gasteiger charge is 2.35. The lowest BCUT2D eigenvalue weighted by atomic mass is 9.98. The zero-order valence-electron chi connectivity index (χ0n) is 18.6. The second-order valence-corrected chi connectivity index (χ2v) is 12.3. The number of rotatable bonds is 6. The summed E-state index contributed by atoms with van der Waals surface area (Å²) in [5, 5.41) is 4.86. The predicted molar refractivity (Wildman–Crippen MR) is 128 cm³/mol. The Balaban J connectivity index is 1.51. The number of piperidine rings is 1. The van der Waals surface area contributed by atoms with Crippen LogP contribution in [-0.2, 0) is 32.5 Å². The van der Waals surface area contributed by atoms with Crippen LogP contribution in [0.1, 0.15) is 40.6 Å². The van der Waals surface area contributed by atoms with E-state index < -0.39 is 27.9 Å². The van der Waals surface area contributed by atoms with E-state index in [0.29, 0.717) is 37.4 Å². The normalized spacial score (nSPS) is 18.9. The van der Waals surface area contributed by atoms with Crippen LogP contribution in [0.2, 0.25) is 0 Å². The standard InChI is InChI=1S/C21H26N4O6S3/c1-2-31-21(28)24-9-7-14-15(12-24)33-20(17(14)18(22)26)23-19(27)13-5-3-8-25(11-13)34(29,30)16-6-4-10-32-16/h4,6,10,13H,2-3,5,7-9,11-12H2,1H3,(H2,22,26)(H,23,27). The van der Waals surface area contributed by atoms with E-state index >= 15 is 0 Å². The lowest BCUT2D eigenvalue weighted by molar-refractivity contribution is -0.120. The zero-order chi connectivity index (χ0) is 24.5. The van der Waals surface area contributed by atoms with Crippen molar-refractivity contribution in [3.05, 3.63) is 33.5 Å². The van der Waals surface area contributed by atoms with Gasteiger partial charge < -0.3 is 20.7 Å². The molecule has 4 rings (SSSR count). The molecule has 0 aliphatic carbocycles. The number of hydrogen-bond donors (Lipinski definition) is 2. The van der Waals surface area contributed by atoms with E-state index in [1.54, 1.807) is 29.3 Å². The molecule has 10 nitrogen and oxygen atoms in total. The van der Waals surface area contributed by atoms with Crippen LogP contribution in [0, 0.1) is 5.92 Å². The van der Waals surface area contributed by atoms with E-state index in [4.69, 9.17) is 10.5 Å². The van der Waals surface area contributed by atoms with E-state index in [1.807, 2.05) is 0 Å². The summed E-state index contributed by atoms with van der Waals surface area (Å²) < 4.78 is 32.4. The summed E-state index contributed by atoms with van der Waals surface area (Å²) in [4.78, 5) is 39.8. The molecule has 3 N–H and O–H groups in total. The quantitative estimate of drug-likeness (QED) is 0.593. The lowest BCUT2D eigenvalue weighted by Gasteiger charge is -2.30. The number of carbonyl (C=O) groups is 3. The maximum atomic E-state index is 13.1. The van der Waals surface area contributed by atoms with Crippen LogP contribution >= 0.6 is 22.7 Å². The largest absolute Gasteiger partial charge is 0.450 e. The maximum absolute atomic E-state index is 13.1. The third-order valence-electron chi connectivity index (χ3n) is 5.91. The van der Waals surface area contributed by atoms with E-state index in [1.165, 1.54) is 15.6 Å². The van der Waals surface area contributed by atoms with E-state index in [0.717, 1.165) is 21.8 Å². The first kappa shape index (κ1) is 24.6. The molecule has 1 saturated heterocycles. The molecule has 0 aromatic carbocycles. The van der Waals surface area contributed by atoms with Crippen molar-refractivity contribution in [3.63, 3.8) is 0 Å². The van der Waals surface area contributed by atoms with Gasteiger partial charge in [0.05, 0.1) is 24.6 Å². The molecule has 2 aliphatic heterocycles. The number of nitrogens with zero attached hydrogens (tertiary/aromatic N) is 2. The van der Waals surface area contributed by atoms with Gasteiger partial charge in [-0.05, 0) is 43.2 Å². The van der Waals surface area contributed by atoms with E-state index in [9.17, 15) is 22.8 Å². The third kappa shape index (κ3) is 4.83. The molecule has 34 heavy (non-hydrogen) atoms. The third-order valence-corrected chi connectivity index (χ3v) is 10.3. The summed E-state index contributed by atoms with van der Waals surface area (Å²) in [7, 11) is -3.65. The summed E-state index contributed by atoms with van der Waals surface area (Å²) in [5.74, 6) is -1.56. The average molecular weight is 527 g/mol. The van der Waals surface area contributed by atoms with Crippen molar-refractivity contribution in [2.24, 2.45) is 11.7 Å². The highest BCUT2D eigenvalue weighted by atomic mass is 32.2. The predicted octanol–water partition coefficient (Wildman–Crippen LogP) is 2.46. The fourth-order valence-corrected chi connectivity index (χ4v) is 8.19. The van der Waals surface area contributed by atoms with Gasteiger partial charge in [-0.25, -0.2) is 13.2 Å². The number of sulfonamides is 1. The van der Waals surface area contributed by atoms with Crippen LogP contribution in [0.3, 0.4) is 0 Å². The molecule has 1 atom stereocenters. The number of thiophene rings is 2. The highest BCUT2D eigenvalue weighted by Crippen LogP contribution is 2.38. The number of primary amides is 1. The number of anilines is 1. The minimum atomic E-state index is -3.65. The Labute approximate surface area is 205 Å². The number of nitrogens with two attached hydrogens (primary N) is 1. The molecule has 1 fully saturated rings. The molecule has 4 heterocycles. The summed E-state index contributed by atoms with van der Waals surface area (Å²) in [6, 6.07) is 3.23. The molecule has 0 radical (unpaired) electrons. The van der Waals surface area contributed by atoms with Crippen molar-refractivity contribution in [2.45, 2.75) is 36.9 Å². The minimum Gasteiger partial charge on any atom is -0.450 e. The monoisotopic (exact) mass is 526 g/mol. The molecular formula is C21H26N4O6S3. The molecule has 0 saturated carbocycles. The van der Waals surface area contributed by atoms with Gasteiger partial charge in [0, 0.05) is 24.5 Å². The Morgan fingerprint density at radius 3 is 2.76 bits per heavy atom. The Hall–Kier alpha value is -2.48. The van der Waals surface area contributed by atoms with Gasteiger partial charge in [0.1, 0.15) is 9.21 Å². The van der Waals surface area contributed by atoms with Crippen LogP contribution in [0.25, 0.3) is 0 Å². The number of fused-ring (bicyclic) bond motifs is 1. The first-order valence-electron chi connectivity index (χ1n) is 10.9. The summed E-state index contributed by atoms with van der Waals surface area (Å²) in [6.07, 6.45) is 1.09. The molecule has 184 valence electrons. The Morgan fingerprint density at radius 2 is 2.09 bits per heavy atom. The lowest BCUT2D eigenvalue weighted by Crippen LogP contribution is -2.43. The Bertz CT molecular complexity index is 1190. The molecule has 2 aromatic heterocycles. The van der Waals surface area contributed by atoms with Gasteiger partial charge in [0.15, 0.2) is 0 Å². The molecule has 0 bridgehead atoms. The summed E-state index contributed by atoms with van der Waals surface area (Å²) in [5.41, 5.74) is 6.63. The second-order valence-electron chi connectivity index (χ2n) is 8.07. The van der Waals surface area contributed by atoms with Gasteiger partial charge in [0.2, 0.25) is 5.91 Å². The van der Waals surface area contributed by atoms with Gasteiger partial charge in [-0.3, -0.25) is 9.59 Å². The fraction of sp³-hybridized carbons (Fsp3) is 0.476. The summed E-state index contributed by atoms with van der Waals surface area (Å²) >= 11 is 2.36. The zero-order valence-corrected chi connectivity index (χ0v) is 21.1. The SMILES string of the molecule is CCOC(=O)N1CCc2c(sc(NC(=O)C3CCCN(S(=O)(=O)c4cccs4)C3)c2C(N)=O)C1. The summed E-state index contributed by atoms with van der Waals surface area (Å²) in [6.45, 7) is 3.07. The molecule has 1 unspecified atom stereocenters. The van der Waals surface area contributed by atoms with Crippen molar-refractivity contribution >= 4 is 55.6 Å². The van der Waals surface area contributed by atoms with Crippen LogP contribution in [0.15, 0.2) is 21.7 Å². The minimum absolute atomic E-state index is 0.0691. The number of carbonyl (C=O) groups excluding carboxylic acids is 3. The first-order valence-corrected chi connectivity index (χ1v) is 14.1. The molecule has 0 spiro atoms. The average Bonchev–Trinajstić information content (AvgIpc) is 3.47. The van der Waals surface area contributed by atoms with Crippen molar-refractivity contribution in [1.82, 2.24) is 9.21 Å². The van der Waals surface area contributed by atoms with Gasteiger partial charge >= 0.3 is 6.09 Å². The van der Waals surface area contributed by atoms with E-state index in [-0.39, 0.29) is 35.4 Å². The van der Waals surface area contributed by atoms with Gasteiger partial charge in [-0.2, -0.15) is 4.31 Å². The Morgan fingerprint density at radius 1 is 1.29 bits per heavy atom. The molecular weight excluding hydrogens is 500 g/mol.